The van der Waals surface area contributed by atoms with Crippen molar-refractivity contribution >= 4 is 5.69 Å². The summed E-state index contributed by atoms with van der Waals surface area (Å²) in [5.74, 6) is 0.899. The molecule has 0 spiro atoms. The van der Waals surface area contributed by atoms with Crippen LogP contribution in [-0.2, 0) is 0 Å². The van der Waals surface area contributed by atoms with Gasteiger partial charge in [-0.15, -0.1) is 0 Å². The molecule has 2 N–H and O–H groups in total. The topological polar surface area (TPSA) is 77.8 Å². The summed E-state index contributed by atoms with van der Waals surface area (Å²) in [5.41, 5.74) is 7.84. The van der Waals surface area contributed by atoms with Crippen LogP contribution in [0.25, 0.3) is 23.0 Å². The van der Waals surface area contributed by atoms with Crippen LogP contribution in [0, 0.1) is 0 Å². The number of benzene rings is 1. The van der Waals surface area contributed by atoms with E-state index in [9.17, 15) is 0 Å². The van der Waals surface area contributed by atoms with E-state index in [-0.39, 0.29) is 0 Å². The molecule has 5 heteroatoms. The van der Waals surface area contributed by atoms with Crippen molar-refractivity contribution in [2.75, 3.05) is 5.73 Å². The van der Waals surface area contributed by atoms with Gasteiger partial charge in [-0.1, -0.05) is 17.3 Å². The molecule has 3 aromatic rings. The predicted octanol–water partition coefficient (Wildman–Crippen LogP) is 2.38. The summed E-state index contributed by atoms with van der Waals surface area (Å²) >= 11 is 0. The fraction of sp³-hybridized carbons (Fsp3) is 0. The van der Waals surface area contributed by atoms with Crippen LogP contribution in [0.15, 0.2) is 53.2 Å². The molecule has 2 heterocycles. The Morgan fingerprint density at radius 1 is 1.06 bits per heavy atom. The average Bonchev–Trinajstić information content (AvgIpc) is 2.89. The summed E-state index contributed by atoms with van der Waals surface area (Å²) in [6.45, 7) is 0. The van der Waals surface area contributed by atoms with E-state index in [0.29, 0.717) is 23.1 Å². The van der Waals surface area contributed by atoms with Crippen molar-refractivity contribution in [2.24, 2.45) is 0 Å². The fourth-order valence-corrected chi connectivity index (χ4v) is 1.61. The lowest BCUT2D eigenvalue weighted by atomic mass is 10.2. The summed E-state index contributed by atoms with van der Waals surface area (Å²) in [7, 11) is 0. The van der Waals surface area contributed by atoms with Crippen molar-refractivity contribution in [1.29, 1.82) is 0 Å². The first-order chi connectivity index (χ1) is 8.83. The molecular weight excluding hydrogens is 228 g/mol. The minimum atomic E-state index is 0.433. The quantitative estimate of drug-likeness (QED) is 0.693. The summed E-state index contributed by atoms with van der Waals surface area (Å²) in [4.78, 5) is 8.46. The van der Waals surface area contributed by atoms with Crippen molar-refractivity contribution in [2.45, 2.75) is 0 Å². The largest absolute Gasteiger partial charge is 0.399 e. The second kappa shape index (κ2) is 4.29. The van der Waals surface area contributed by atoms with E-state index in [1.165, 1.54) is 0 Å². The minimum Gasteiger partial charge on any atom is -0.399 e. The Kier molecular flexibility index (Phi) is 2.49. The lowest BCUT2D eigenvalue weighted by molar-refractivity contribution is 0.432. The normalized spacial score (nSPS) is 10.4. The summed E-state index contributed by atoms with van der Waals surface area (Å²) in [6, 6.07) is 12.8. The average molecular weight is 238 g/mol. The Hall–Kier alpha value is -2.69. The van der Waals surface area contributed by atoms with E-state index in [4.69, 9.17) is 10.3 Å². The standard InChI is InChI=1S/C13H10N4O/c14-10-5-3-4-9(8-10)13-16-12(17-18-13)11-6-1-2-7-15-11/h1-8H,14H2. The van der Waals surface area contributed by atoms with E-state index in [1.54, 1.807) is 18.3 Å². The minimum absolute atomic E-state index is 0.433. The zero-order valence-corrected chi connectivity index (χ0v) is 9.45. The van der Waals surface area contributed by atoms with Crippen LogP contribution in [0.5, 0.6) is 0 Å². The highest BCUT2D eigenvalue weighted by Crippen LogP contribution is 2.22. The zero-order chi connectivity index (χ0) is 12.4. The van der Waals surface area contributed by atoms with Gasteiger partial charge in [-0.25, -0.2) is 0 Å². The third-order valence-electron chi connectivity index (χ3n) is 2.45. The van der Waals surface area contributed by atoms with Crippen LogP contribution in [0.3, 0.4) is 0 Å². The fourth-order valence-electron chi connectivity index (χ4n) is 1.61. The molecule has 0 amide bonds. The van der Waals surface area contributed by atoms with Crippen LogP contribution < -0.4 is 5.73 Å². The molecule has 0 aliphatic carbocycles. The molecule has 0 fully saturated rings. The van der Waals surface area contributed by atoms with Gasteiger partial charge < -0.3 is 10.3 Å². The van der Waals surface area contributed by atoms with Crippen molar-refractivity contribution in [3.8, 4) is 23.0 Å². The number of aromatic nitrogens is 3. The third kappa shape index (κ3) is 1.93. The monoisotopic (exact) mass is 238 g/mol. The number of nitrogens with zero attached hydrogens (tertiary/aromatic N) is 3. The Bertz CT molecular complexity index is 664. The van der Waals surface area contributed by atoms with Crippen LogP contribution in [0.4, 0.5) is 5.69 Å². The second-order valence-corrected chi connectivity index (χ2v) is 3.76. The first kappa shape index (κ1) is 10.5. The van der Waals surface area contributed by atoms with Crippen LogP contribution in [-0.4, -0.2) is 15.1 Å². The van der Waals surface area contributed by atoms with Gasteiger partial charge in [-0.3, -0.25) is 4.98 Å². The van der Waals surface area contributed by atoms with E-state index in [2.05, 4.69) is 15.1 Å². The van der Waals surface area contributed by atoms with Crippen LogP contribution in [0.2, 0.25) is 0 Å². The molecule has 3 rings (SSSR count). The molecule has 18 heavy (non-hydrogen) atoms. The summed E-state index contributed by atoms with van der Waals surface area (Å²) in [6.07, 6.45) is 1.69. The first-order valence-corrected chi connectivity index (χ1v) is 5.44. The molecule has 0 bridgehead atoms. The lowest BCUT2D eigenvalue weighted by Crippen LogP contribution is -1.86. The highest BCUT2D eigenvalue weighted by atomic mass is 16.5. The summed E-state index contributed by atoms with van der Waals surface area (Å²) < 4.78 is 5.20. The van der Waals surface area contributed by atoms with Gasteiger partial charge in [0.2, 0.25) is 5.82 Å². The molecule has 0 aliphatic rings. The van der Waals surface area contributed by atoms with Gasteiger partial charge in [0.15, 0.2) is 0 Å². The molecule has 5 nitrogen and oxygen atoms in total. The first-order valence-electron chi connectivity index (χ1n) is 5.44. The molecular formula is C13H10N4O. The number of anilines is 1. The van der Waals surface area contributed by atoms with E-state index < -0.39 is 0 Å². The molecule has 0 saturated carbocycles. The van der Waals surface area contributed by atoms with Crippen LogP contribution in [0.1, 0.15) is 0 Å². The Morgan fingerprint density at radius 2 is 2.00 bits per heavy atom. The Balaban J connectivity index is 2.00. The van der Waals surface area contributed by atoms with Gasteiger partial charge in [0.05, 0.1) is 0 Å². The summed E-state index contributed by atoms with van der Waals surface area (Å²) in [5, 5.41) is 3.90. The predicted molar refractivity (Wildman–Crippen MR) is 67.4 cm³/mol. The number of hydrogen-bond acceptors (Lipinski definition) is 5. The van der Waals surface area contributed by atoms with Crippen molar-refractivity contribution in [1.82, 2.24) is 15.1 Å². The molecule has 1 aromatic carbocycles. The lowest BCUT2D eigenvalue weighted by Gasteiger charge is -1.95. The molecule has 0 atom stereocenters. The zero-order valence-electron chi connectivity index (χ0n) is 9.45. The van der Waals surface area contributed by atoms with Gasteiger partial charge in [-0.05, 0) is 30.3 Å². The molecule has 0 radical (unpaired) electrons. The Morgan fingerprint density at radius 3 is 2.78 bits per heavy atom. The van der Waals surface area contributed by atoms with Crippen molar-refractivity contribution < 1.29 is 4.52 Å². The van der Waals surface area contributed by atoms with Gasteiger partial charge >= 0.3 is 0 Å². The molecule has 0 saturated heterocycles. The van der Waals surface area contributed by atoms with Crippen molar-refractivity contribution in [3.05, 3.63) is 48.7 Å². The molecule has 0 unspecified atom stereocenters. The van der Waals surface area contributed by atoms with Crippen LogP contribution >= 0.6 is 0 Å². The number of rotatable bonds is 2. The Labute approximate surface area is 103 Å². The van der Waals surface area contributed by atoms with Gasteiger partial charge in [0.1, 0.15) is 5.69 Å². The van der Waals surface area contributed by atoms with E-state index in [1.807, 2.05) is 30.3 Å². The third-order valence-corrected chi connectivity index (χ3v) is 2.45. The maximum atomic E-state index is 5.71. The maximum absolute atomic E-state index is 5.71. The van der Waals surface area contributed by atoms with E-state index in [0.717, 1.165) is 5.56 Å². The van der Waals surface area contributed by atoms with Gasteiger partial charge in [0, 0.05) is 17.4 Å². The molecule has 2 aromatic heterocycles. The smallest absolute Gasteiger partial charge is 0.258 e. The molecule has 0 aliphatic heterocycles. The van der Waals surface area contributed by atoms with E-state index >= 15 is 0 Å². The number of nitrogen functional groups attached to an aromatic ring is 1. The maximum Gasteiger partial charge on any atom is 0.258 e. The highest BCUT2D eigenvalue weighted by Gasteiger charge is 2.10. The molecule has 88 valence electrons. The number of pyridine rings is 1. The number of hydrogen-bond donors (Lipinski definition) is 1. The van der Waals surface area contributed by atoms with Gasteiger partial charge in [-0.2, -0.15) is 4.98 Å². The SMILES string of the molecule is Nc1cccc(-c2nc(-c3ccccn3)no2)c1. The second-order valence-electron chi connectivity index (χ2n) is 3.76. The highest BCUT2D eigenvalue weighted by molar-refractivity contribution is 5.61. The number of nitrogens with two attached hydrogens (primary N) is 1. The van der Waals surface area contributed by atoms with Crippen molar-refractivity contribution in [3.63, 3.8) is 0 Å². The van der Waals surface area contributed by atoms with Gasteiger partial charge in [0.25, 0.3) is 5.89 Å².